The third kappa shape index (κ3) is 6.01. The predicted molar refractivity (Wildman–Crippen MR) is 63.3 cm³/mol. The van der Waals surface area contributed by atoms with E-state index in [1.165, 1.54) is 0 Å². The molecule has 0 aromatic carbocycles. The maximum Gasteiger partial charge on any atom is 0.0599 e. The lowest BCUT2D eigenvalue weighted by molar-refractivity contribution is 0.198. The van der Waals surface area contributed by atoms with Gasteiger partial charge in [-0.3, -0.25) is 4.90 Å². The number of hydrogen-bond acceptors (Lipinski definition) is 2. The van der Waals surface area contributed by atoms with E-state index in [1.54, 1.807) is 0 Å². The number of terminal acetylenes is 1. The Kier molecular flexibility index (Phi) is 6.61. The second-order valence-corrected chi connectivity index (χ2v) is 4.45. The number of nitrogens with zero attached hydrogens (tertiary/aromatic N) is 1. The van der Waals surface area contributed by atoms with Crippen molar-refractivity contribution in [3.63, 3.8) is 0 Å². The molecule has 0 amide bonds. The van der Waals surface area contributed by atoms with Crippen molar-refractivity contribution in [3.05, 3.63) is 0 Å². The SMILES string of the molecule is C#CCN(CC)CC(C)(C)CNCC. The molecule has 2 heteroatoms. The van der Waals surface area contributed by atoms with E-state index in [2.05, 4.69) is 43.8 Å². The minimum absolute atomic E-state index is 0.295. The summed E-state index contributed by atoms with van der Waals surface area (Å²) in [5.74, 6) is 2.70. The zero-order valence-electron chi connectivity index (χ0n) is 10.1. The lowest BCUT2D eigenvalue weighted by Gasteiger charge is -2.31. The second kappa shape index (κ2) is 6.86. The van der Waals surface area contributed by atoms with Crippen molar-refractivity contribution in [1.29, 1.82) is 0 Å². The summed E-state index contributed by atoms with van der Waals surface area (Å²) in [4.78, 5) is 2.30. The molecule has 82 valence electrons. The van der Waals surface area contributed by atoms with Gasteiger partial charge in [-0.25, -0.2) is 0 Å². The van der Waals surface area contributed by atoms with E-state index in [0.29, 0.717) is 5.41 Å². The molecular formula is C12H24N2. The number of nitrogens with one attached hydrogen (secondary N) is 1. The van der Waals surface area contributed by atoms with Gasteiger partial charge in [0.1, 0.15) is 0 Å². The summed E-state index contributed by atoms with van der Waals surface area (Å²) in [6.45, 7) is 13.8. The van der Waals surface area contributed by atoms with Crippen molar-refractivity contribution < 1.29 is 0 Å². The fourth-order valence-electron chi connectivity index (χ4n) is 1.53. The van der Waals surface area contributed by atoms with Crippen molar-refractivity contribution in [2.75, 3.05) is 32.7 Å². The number of rotatable bonds is 7. The van der Waals surface area contributed by atoms with Gasteiger partial charge in [0.15, 0.2) is 0 Å². The van der Waals surface area contributed by atoms with Gasteiger partial charge < -0.3 is 5.32 Å². The van der Waals surface area contributed by atoms with Crippen LogP contribution in [-0.2, 0) is 0 Å². The van der Waals surface area contributed by atoms with Gasteiger partial charge in [-0.05, 0) is 18.5 Å². The van der Waals surface area contributed by atoms with Crippen molar-refractivity contribution in [3.8, 4) is 12.3 Å². The zero-order valence-corrected chi connectivity index (χ0v) is 10.1. The highest BCUT2D eigenvalue weighted by Gasteiger charge is 2.19. The standard InChI is InChI=1S/C12H24N2/c1-6-9-14(8-3)11-12(4,5)10-13-7-2/h1,13H,7-11H2,2-5H3. The van der Waals surface area contributed by atoms with Gasteiger partial charge in [0.05, 0.1) is 6.54 Å². The Hall–Kier alpha value is -0.520. The van der Waals surface area contributed by atoms with Crippen molar-refractivity contribution >= 4 is 0 Å². The molecule has 0 saturated heterocycles. The van der Waals surface area contributed by atoms with Crippen molar-refractivity contribution in [2.45, 2.75) is 27.7 Å². The Morgan fingerprint density at radius 2 is 2.00 bits per heavy atom. The highest BCUT2D eigenvalue weighted by molar-refractivity contribution is 4.89. The maximum absolute atomic E-state index is 5.32. The Balaban J connectivity index is 3.97. The predicted octanol–water partition coefficient (Wildman–Crippen LogP) is 1.58. The molecule has 0 heterocycles. The summed E-state index contributed by atoms with van der Waals surface area (Å²) < 4.78 is 0. The first-order valence-corrected chi connectivity index (χ1v) is 5.42. The fraction of sp³-hybridized carbons (Fsp3) is 0.833. The summed E-state index contributed by atoms with van der Waals surface area (Å²) in [6.07, 6.45) is 5.32. The summed E-state index contributed by atoms with van der Waals surface area (Å²) in [6, 6.07) is 0. The van der Waals surface area contributed by atoms with E-state index in [0.717, 1.165) is 32.7 Å². The molecule has 0 aliphatic heterocycles. The van der Waals surface area contributed by atoms with Gasteiger partial charge in [-0.2, -0.15) is 0 Å². The first-order valence-electron chi connectivity index (χ1n) is 5.42. The molecule has 0 atom stereocenters. The highest BCUT2D eigenvalue weighted by atomic mass is 15.1. The van der Waals surface area contributed by atoms with Crippen LogP contribution >= 0.6 is 0 Å². The highest BCUT2D eigenvalue weighted by Crippen LogP contribution is 2.15. The molecule has 0 aliphatic rings. The fourth-order valence-corrected chi connectivity index (χ4v) is 1.53. The van der Waals surface area contributed by atoms with E-state index >= 15 is 0 Å². The molecule has 0 aromatic heterocycles. The third-order valence-corrected chi connectivity index (χ3v) is 2.27. The van der Waals surface area contributed by atoms with E-state index < -0.39 is 0 Å². The van der Waals surface area contributed by atoms with E-state index in [-0.39, 0.29) is 0 Å². The molecule has 0 unspecified atom stereocenters. The van der Waals surface area contributed by atoms with Gasteiger partial charge in [0, 0.05) is 13.1 Å². The van der Waals surface area contributed by atoms with Crippen LogP contribution < -0.4 is 5.32 Å². The van der Waals surface area contributed by atoms with Crippen LogP contribution in [0.2, 0.25) is 0 Å². The van der Waals surface area contributed by atoms with Gasteiger partial charge in [-0.15, -0.1) is 6.42 Å². The Bertz CT molecular complexity index is 179. The summed E-state index contributed by atoms with van der Waals surface area (Å²) in [5, 5.41) is 3.38. The van der Waals surface area contributed by atoms with E-state index in [9.17, 15) is 0 Å². The van der Waals surface area contributed by atoms with Crippen molar-refractivity contribution in [1.82, 2.24) is 10.2 Å². The van der Waals surface area contributed by atoms with Gasteiger partial charge >= 0.3 is 0 Å². The molecule has 0 saturated carbocycles. The quantitative estimate of drug-likeness (QED) is 0.622. The second-order valence-electron chi connectivity index (χ2n) is 4.45. The average molecular weight is 196 g/mol. The monoisotopic (exact) mass is 196 g/mol. The molecule has 0 rings (SSSR count). The van der Waals surface area contributed by atoms with E-state index in [1.807, 2.05) is 0 Å². The van der Waals surface area contributed by atoms with Crippen LogP contribution in [0, 0.1) is 17.8 Å². The lowest BCUT2D eigenvalue weighted by atomic mass is 9.92. The molecule has 0 aliphatic carbocycles. The van der Waals surface area contributed by atoms with Crippen LogP contribution in [0.25, 0.3) is 0 Å². The normalized spacial score (nSPS) is 11.7. The maximum atomic E-state index is 5.32. The molecule has 1 N–H and O–H groups in total. The summed E-state index contributed by atoms with van der Waals surface area (Å²) >= 11 is 0. The molecule has 0 aromatic rings. The minimum Gasteiger partial charge on any atom is -0.316 e. The molecule has 0 spiro atoms. The molecular weight excluding hydrogens is 172 g/mol. The minimum atomic E-state index is 0.295. The van der Waals surface area contributed by atoms with Crippen LogP contribution in [0.4, 0.5) is 0 Å². The average Bonchev–Trinajstić information content (AvgIpc) is 2.14. The van der Waals surface area contributed by atoms with Crippen LogP contribution in [0.1, 0.15) is 27.7 Å². The first-order chi connectivity index (χ1) is 6.55. The zero-order chi connectivity index (χ0) is 11.0. The van der Waals surface area contributed by atoms with Gasteiger partial charge in [0.25, 0.3) is 0 Å². The molecule has 14 heavy (non-hydrogen) atoms. The summed E-state index contributed by atoms with van der Waals surface area (Å²) in [5.41, 5.74) is 0.295. The van der Waals surface area contributed by atoms with Crippen LogP contribution in [-0.4, -0.2) is 37.6 Å². The molecule has 2 nitrogen and oxygen atoms in total. The largest absolute Gasteiger partial charge is 0.316 e. The Morgan fingerprint density at radius 3 is 2.43 bits per heavy atom. The van der Waals surface area contributed by atoms with Crippen LogP contribution in [0.15, 0.2) is 0 Å². The Labute approximate surface area is 89.1 Å². The third-order valence-electron chi connectivity index (χ3n) is 2.27. The van der Waals surface area contributed by atoms with Crippen LogP contribution in [0.5, 0.6) is 0 Å². The van der Waals surface area contributed by atoms with Gasteiger partial charge in [0.2, 0.25) is 0 Å². The smallest absolute Gasteiger partial charge is 0.0599 e. The van der Waals surface area contributed by atoms with Gasteiger partial charge in [-0.1, -0.05) is 33.6 Å². The molecule has 0 bridgehead atoms. The number of hydrogen-bond donors (Lipinski definition) is 1. The van der Waals surface area contributed by atoms with Crippen LogP contribution in [0.3, 0.4) is 0 Å². The topological polar surface area (TPSA) is 15.3 Å². The van der Waals surface area contributed by atoms with Crippen molar-refractivity contribution in [2.24, 2.45) is 5.41 Å². The Morgan fingerprint density at radius 1 is 1.36 bits per heavy atom. The molecule has 0 radical (unpaired) electrons. The van der Waals surface area contributed by atoms with E-state index in [4.69, 9.17) is 6.42 Å². The molecule has 0 fully saturated rings. The summed E-state index contributed by atoms with van der Waals surface area (Å²) in [7, 11) is 0. The first kappa shape index (κ1) is 13.5. The lowest BCUT2D eigenvalue weighted by Crippen LogP contribution is -2.40.